The van der Waals surface area contributed by atoms with E-state index in [0.717, 1.165) is 5.56 Å². The minimum atomic E-state index is -1.01. The zero-order chi connectivity index (χ0) is 28.3. The Morgan fingerprint density at radius 2 is 1.85 bits per heavy atom. The zero-order valence-corrected chi connectivity index (χ0v) is 23.5. The molecule has 0 spiro atoms. The molecule has 9 heteroatoms. The summed E-state index contributed by atoms with van der Waals surface area (Å²) in [6.45, 7) is 5.72. The SMILES string of the molecule is COc1ccc([C@@H]2CC(=O)C3=C(C2)NC(C)=C(C(=O)OCCOC(C)C)[C@@H]3c2c(F)cccc2Cl)cc1OC. The molecule has 2 aliphatic rings. The van der Waals surface area contributed by atoms with Crippen molar-refractivity contribution in [2.75, 3.05) is 27.4 Å². The molecule has 1 aliphatic carbocycles. The standard InChI is InChI=1S/C30H33ClFNO6/c1-16(2)38-11-12-39-30(35)26-17(3)33-22-13-19(18-9-10-24(36-4)25(15-18)37-5)14-23(34)28(22)29(26)27-20(31)7-6-8-21(27)32/h6-10,15-16,19,29,33H,11-14H2,1-5H3/t19-,29+/m0/s1. The molecule has 2 aromatic carbocycles. The summed E-state index contributed by atoms with van der Waals surface area (Å²) in [5.41, 5.74) is 2.58. The Kier molecular flexibility index (Phi) is 8.97. The summed E-state index contributed by atoms with van der Waals surface area (Å²) in [5.74, 6) is -1.46. The van der Waals surface area contributed by atoms with Crippen LogP contribution in [0, 0.1) is 5.82 Å². The van der Waals surface area contributed by atoms with Crippen molar-refractivity contribution < 1.29 is 32.9 Å². The van der Waals surface area contributed by atoms with Crippen molar-refractivity contribution in [3.63, 3.8) is 0 Å². The van der Waals surface area contributed by atoms with Crippen LogP contribution in [-0.2, 0) is 19.1 Å². The second-order valence-electron chi connectivity index (χ2n) is 9.82. The van der Waals surface area contributed by atoms with Gasteiger partial charge in [-0.25, -0.2) is 9.18 Å². The molecule has 0 saturated heterocycles. The van der Waals surface area contributed by atoms with E-state index in [1.165, 1.54) is 12.1 Å². The summed E-state index contributed by atoms with van der Waals surface area (Å²) in [6.07, 6.45) is 0.626. The number of ether oxygens (including phenoxy) is 4. The van der Waals surface area contributed by atoms with Crippen LogP contribution in [0.5, 0.6) is 11.5 Å². The van der Waals surface area contributed by atoms with Crippen molar-refractivity contribution >= 4 is 23.4 Å². The van der Waals surface area contributed by atoms with Crippen molar-refractivity contribution in [1.82, 2.24) is 5.32 Å². The van der Waals surface area contributed by atoms with Crippen LogP contribution in [0.15, 0.2) is 58.9 Å². The number of dihydropyridines is 1. The fourth-order valence-electron chi connectivity index (χ4n) is 5.22. The topological polar surface area (TPSA) is 83.1 Å². The molecule has 0 bridgehead atoms. The number of halogens is 2. The highest BCUT2D eigenvalue weighted by atomic mass is 35.5. The van der Waals surface area contributed by atoms with Gasteiger partial charge in [-0.1, -0.05) is 23.7 Å². The number of carbonyl (C=O) groups is 2. The van der Waals surface area contributed by atoms with Gasteiger partial charge in [-0.15, -0.1) is 0 Å². The predicted octanol–water partition coefficient (Wildman–Crippen LogP) is 5.83. The highest BCUT2D eigenvalue weighted by Crippen LogP contribution is 2.48. The van der Waals surface area contributed by atoms with Gasteiger partial charge in [0.15, 0.2) is 17.3 Å². The van der Waals surface area contributed by atoms with Crippen molar-refractivity contribution in [2.24, 2.45) is 0 Å². The molecular weight excluding hydrogens is 525 g/mol. The first-order valence-corrected chi connectivity index (χ1v) is 13.2. The quantitative estimate of drug-likeness (QED) is 0.307. The average Bonchev–Trinajstić information content (AvgIpc) is 2.89. The van der Waals surface area contributed by atoms with Gasteiger partial charge in [0.2, 0.25) is 0 Å². The number of carbonyl (C=O) groups excluding carboxylic acids is 2. The molecular formula is C30H33ClFNO6. The summed E-state index contributed by atoms with van der Waals surface area (Å²) in [6, 6.07) is 9.89. The molecule has 2 aromatic rings. The summed E-state index contributed by atoms with van der Waals surface area (Å²) in [5, 5.41) is 3.39. The number of hydrogen-bond acceptors (Lipinski definition) is 7. The Balaban J connectivity index is 1.73. The van der Waals surface area contributed by atoms with Crippen LogP contribution in [0.2, 0.25) is 5.02 Å². The Bertz CT molecular complexity index is 1310. The third-order valence-electron chi connectivity index (χ3n) is 6.98. The van der Waals surface area contributed by atoms with Gasteiger partial charge in [-0.2, -0.15) is 0 Å². The van der Waals surface area contributed by atoms with Crippen LogP contribution in [0.25, 0.3) is 0 Å². The maximum absolute atomic E-state index is 15.3. The fourth-order valence-corrected chi connectivity index (χ4v) is 5.50. The lowest BCUT2D eigenvalue weighted by Crippen LogP contribution is -2.36. The molecule has 4 rings (SSSR count). The molecule has 0 saturated carbocycles. The van der Waals surface area contributed by atoms with Crippen molar-refractivity contribution in [3.05, 3.63) is 80.9 Å². The average molecular weight is 558 g/mol. The molecule has 1 heterocycles. The number of esters is 1. The molecule has 1 N–H and O–H groups in total. The molecule has 0 fully saturated rings. The van der Waals surface area contributed by atoms with E-state index >= 15 is 4.39 Å². The Morgan fingerprint density at radius 3 is 2.51 bits per heavy atom. The Labute approximate surface area is 232 Å². The summed E-state index contributed by atoms with van der Waals surface area (Å²) in [4.78, 5) is 27.1. The number of allylic oxidation sites excluding steroid dienone is 3. The maximum atomic E-state index is 15.3. The number of hydrogen-bond donors (Lipinski definition) is 1. The molecule has 7 nitrogen and oxygen atoms in total. The minimum Gasteiger partial charge on any atom is -0.493 e. The summed E-state index contributed by atoms with van der Waals surface area (Å²) in [7, 11) is 3.12. The first-order valence-electron chi connectivity index (χ1n) is 12.8. The van der Waals surface area contributed by atoms with Crippen molar-refractivity contribution in [1.29, 1.82) is 0 Å². The van der Waals surface area contributed by atoms with Crippen LogP contribution in [0.3, 0.4) is 0 Å². The lowest BCUT2D eigenvalue weighted by atomic mass is 9.71. The maximum Gasteiger partial charge on any atom is 0.336 e. The first kappa shape index (κ1) is 28.6. The second-order valence-corrected chi connectivity index (χ2v) is 10.2. The highest BCUT2D eigenvalue weighted by molar-refractivity contribution is 6.31. The van der Waals surface area contributed by atoms with Gasteiger partial charge in [0.05, 0.1) is 38.4 Å². The Hall–Kier alpha value is -3.36. The molecule has 0 amide bonds. The van der Waals surface area contributed by atoms with Crippen LogP contribution < -0.4 is 14.8 Å². The zero-order valence-electron chi connectivity index (χ0n) is 22.7. The number of Topliss-reactive ketones (excluding diaryl/α,β-unsaturated/α-hetero) is 1. The predicted molar refractivity (Wildman–Crippen MR) is 146 cm³/mol. The van der Waals surface area contributed by atoms with Crippen LogP contribution in [-0.4, -0.2) is 45.3 Å². The van der Waals surface area contributed by atoms with E-state index in [1.54, 1.807) is 33.3 Å². The molecule has 39 heavy (non-hydrogen) atoms. The third-order valence-corrected chi connectivity index (χ3v) is 7.31. The number of benzene rings is 2. The largest absolute Gasteiger partial charge is 0.493 e. The summed E-state index contributed by atoms with van der Waals surface area (Å²) >= 11 is 6.49. The number of nitrogens with one attached hydrogen (secondary N) is 1. The smallest absolute Gasteiger partial charge is 0.336 e. The number of methoxy groups -OCH3 is 2. The molecule has 208 valence electrons. The van der Waals surface area contributed by atoms with E-state index in [2.05, 4.69) is 5.32 Å². The van der Waals surface area contributed by atoms with Gasteiger partial charge < -0.3 is 24.3 Å². The molecule has 1 aliphatic heterocycles. The highest BCUT2D eigenvalue weighted by Gasteiger charge is 2.43. The number of ketones is 1. The van der Waals surface area contributed by atoms with E-state index in [4.69, 9.17) is 30.5 Å². The van der Waals surface area contributed by atoms with Gasteiger partial charge >= 0.3 is 5.97 Å². The molecule has 0 unspecified atom stereocenters. The lowest BCUT2D eigenvalue weighted by Gasteiger charge is -2.37. The van der Waals surface area contributed by atoms with Crippen LogP contribution in [0.1, 0.15) is 56.6 Å². The van der Waals surface area contributed by atoms with E-state index in [9.17, 15) is 9.59 Å². The van der Waals surface area contributed by atoms with Crippen LogP contribution in [0.4, 0.5) is 4.39 Å². The van der Waals surface area contributed by atoms with E-state index in [1.807, 2.05) is 26.0 Å². The van der Waals surface area contributed by atoms with E-state index < -0.39 is 17.7 Å². The second kappa shape index (κ2) is 12.2. The Morgan fingerprint density at radius 1 is 1.10 bits per heavy atom. The first-order chi connectivity index (χ1) is 18.7. The van der Waals surface area contributed by atoms with Crippen LogP contribution >= 0.6 is 11.6 Å². The normalized spacial score (nSPS) is 19.1. The molecule has 2 atom stereocenters. The lowest BCUT2D eigenvalue weighted by molar-refractivity contribution is -0.141. The fraction of sp³-hybridized carbons (Fsp3) is 0.400. The monoisotopic (exact) mass is 557 g/mol. The van der Waals surface area contributed by atoms with Gasteiger partial charge in [0.1, 0.15) is 12.4 Å². The van der Waals surface area contributed by atoms with Gasteiger partial charge in [0.25, 0.3) is 0 Å². The van der Waals surface area contributed by atoms with Crippen molar-refractivity contribution in [2.45, 2.75) is 51.6 Å². The third kappa shape index (κ3) is 5.97. The molecule has 0 radical (unpaired) electrons. The van der Waals surface area contributed by atoms with Gasteiger partial charge in [-0.05, 0) is 62.9 Å². The minimum absolute atomic E-state index is 0.0165. The van der Waals surface area contributed by atoms with Gasteiger partial charge in [-0.3, -0.25) is 4.79 Å². The van der Waals surface area contributed by atoms with E-state index in [0.29, 0.717) is 34.9 Å². The summed E-state index contributed by atoms with van der Waals surface area (Å²) < 4.78 is 37.1. The van der Waals surface area contributed by atoms with E-state index in [-0.39, 0.29) is 53.6 Å². The number of rotatable bonds is 9. The van der Waals surface area contributed by atoms with Gasteiger partial charge in [0, 0.05) is 34.0 Å². The molecule has 0 aromatic heterocycles. The van der Waals surface area contributed by atoms with Crippen molar-refractivity contribution in [3.8, 4) is 11.5 Å².